The Hall–Kier alpha value is -2.46. The molecule has 2 N–H and O–H groups in total. The number of ether oxygens (including phenoxy) is 1. The van der Waals surface area contributed by atoms with Crippen LogP contribution in [0.15, 0.2) is 58.3 Å². The second-order valence-electron chi connectivity index (χ2n) is 7.32. The molecule has 0 saturated carbocycles. The third-order valence-electron chi connectivity index (χ3n) is 5.01. The molecule has 0 fully saturated rings. The van der Waals surface area contributed by atoms with Crippen molar-refractivity contribution in [3.05, 3.63) is 75.3 Å². The van der Waals surface area contributed by atoms with Gasteiger partial charge >= 0.3 is 0 Å². The van der Waals surface area contributed by atoms with E-state index in [-0.39, 0.29) is 29.2 Å². The lowest BCUT2D eigenvalue weighted by atomic mass is 9.94. The van der Waals surface area contributed by atoms with Crippen LogP contribution in [0.4, 0.5) is 10.2 Å². The molecule has 0 amide bonds. The van der Waals surface area contributed by atoms with E-state index in [2.05, 4.69) is 33.2 Å². The molecule has 2 aromatic carbocycles. The molecule has 0 saturated heterocycles. The minimum Gasteiger partial charge on any atom is -0.490 e. The Morgan fingerprint density at radius 2 is 2.09 bits per heavy atom. The van der Waals surface area contributed by atoms with Crippen LogP contribution in [0.3, 0.4) is 0 Å². The van der Waals surface area contributed by atoms with E-state index in [1.807, 2.05) is 19.1 Å². The third-order valence-corrected chi connectivity index (χ3v) is 7.26. The zero-order chi connectivity index (χ0) is 22.7. The van der Waals surface area contributed by atoms with Crippen molar-refractivity contribution in [3.8, 4) is 5.75 Å². The van der Waals surface area contributed by atoms with Crippen molar-refractivity contribution in [2.45, 2.75) is 24.3 Å². The third kappa shape index (κ3) is 5.12. The largest absolute Gasteiger partial charge is 0.490 e. The van der Waals surface area contributed by atoms with E-state index in [1.165, 1.54) is 27.8 Å². The number of aryl methyl sites for hydroxylation is 1. The maximum Gasteiger partial charge on any atom is 0.266 e. The highest BCUT2D eigenvalue weighted by molar-refractivity contribution is 7.92. The lowest BCUT2D eigenvalue weighted by Gasteiger charge is -2.26. The number of hydrogen-bond acceptors (Lipinski definition) is 6. The molecule has 2 heterocycles. The molecular formula is C22H21ClFN3O3S2. The zero-order valence-electron chi connectivity index (χ0n) is 17.1. The van der Waals surface area contributed by atoms with E-state index in [1.54, 1.807) is 0 Å². The predicted octanol–water partition coefficient (Wildman–Crippen LogP) is 4.87. The SMILES string of the molecule is Cc1ccc(C2=CCCNC2COc2cc(F)c(S(=O)(=O)Nc3cscn3)cc2Cl)cc1. The van der Waals surface area contributed by atoms with Crippen LogP contribution in [-0.4, -0.2) is 32.6 Å². The van der Waals surface area contributed by atoms with Gasteiger partial charge in [-0.05, 0) is 37.1 Å². The second-order valence-corrected chi connectivity index (χ2v) is 10.1. The lowest BCUT2D eigenvalue weighted by molar-refractivity contribution is 0.287. The molecule has 32 heavy (non-hydrogen) atoms. The van der Waals surface area contributed by atoms with E-state index in [9.17, 15) is 12.8 Å². The van der Waals surface area contributed by atoms with Crippen LogP contribution in [0, 0.1) is 12.7 Å². The summed E-state index contributed by atoms with van der Waals surface area (Å²) in [5.74, 6) is -0.768. The molecule has 0 bridgehead atoms. The van der Waals surface area contributed by atoms with E-state index >= 15 is 0 Å². The molecule has 4 rings (SSSR count). The lowest BCUT2D eigenvalue weighted by Crippen LogP contribution is -2.38. The Bertz CT molecular complexity index is 1230. The Balaban J connectivity index is 1.51. The van der Waals surface area contributed by atoms with Gasteiger partial charge in [-0.25, -0.2) is 17.8 Å². The Morgan fingerprint density at radius 3 is 2.81 bits per heavy atom. The average molecular weight is 494 g/mol. The molecule has 168 valence electrons. The summed E-state index contributed by atoms with van der Waals surface area (Å²) in [6.45, 7) is 3.04. The molecule has 1 unspecified atom stereocenters. The van der Waals surface area contributed by atoms with Crippen molar-refractivity contribution in [2.24, 2.45) is 0 Å². The maximum absolute atomic E-state index is 14.7. The van der Waals surface area contributed by atoms with Crippen molar-refractivity contribution < 1.29 is 17.5 Å². The van der Waals surface area contributed by atoms with Gasteiger partial charge in [0.05, 0.1) is 16.6 Å². The number of thiazole rings is 1. The monoisotopic (exact) mass is 493 g/mol. The van der Waals surface area contributed by atoms with Gasteiger partial charge < -0.3 is 10.1 Å². The predicted molar refractivity (Wildman–Crippen MR) is 125 cm³/mol. The number of nitrogens with one attached hydrogen (secondary N) is 2. The van der Waals surface area contributed by atoms with E-state index in [4.69, 9.17) is 16.3 Å². The van der Waals surface area contributed by atoms with Crippen LogP contribution >= 0.6 is 22.9 Å². The number of hydrogen-bond donors (Lipinski definition) is 2. The first-order chi connectivity index (χ1) is 15.3. The van der Waals surface area contributed by atoms with Crippen LogP contribution in [0.5, 0.6) is 5.75 Å². The second kappa shape index (κ2) is 9.58. The van der Waals surface area contributed by atoms with Crippen molar-refractivity contribution in [1.82, 2.24) is 10.3 Å². The van der Waals surface area contributed by atoms with Gasteiger partial charge in [-0.3, -0.25) is 4.72 Å². The number of rotatable bonds is 7. The molecule has 1 atom stereocenters. The highest BCUT2D eigenvalue weighted by Crippen LogP contribution is 2.32. The number of halogens is 2. The number of aromatic nitrogens is 1. The molecule has 6 nitrogen and oxygen atoms in total. The molecule has 0 aliphatic carbocycles. The topological polar surface area (TPSA) is 80.3 Å². The fraction of sp³-hybridized carbons (Fsp3) is 0.227. The number of benzene rings is 2. The Morgan fingerprint density at radius 1 is 1.31 bits per heavy atom. The van der Waals surface area contributed by atoms with E-state index < -0.39 is 20.7 Å². The van der Waals surface area contributed by atoms with Crippen molar-refractivity contribution in [2.75, 3.05) is 17.9 Å². The van der Waals surface area contributed by atoms with Crippen LogP contribution in [0.25, 0.3) is 5.57 Å². The van der Waals surface area contributed by atoms with Gasteiger partial charge in [0.1, 0.15) is 23.1 Å². The summed E-state index contributed by atoms with van der Waals surface area (Å²) in [5, 5.41) is 4.91. The van der Waals surface area contributed by atoms with Crippen LogP contribution in [-0.2, 0) is 10.0 Å². The molecule has 1 aromatic heterocycles. The smallest absolute Gasteiger partial charge is 0.266 e. The summed E-state index contributed by atoms with van der Waals surface area (Å²) in [4.78, 5) is 3.28. The van der Waals surface area contributed by atoms with Gasteiger partial charge in [0, 0.05) is 11.4 Å². The van der Waals surface area contributed by atoms with Crippen LogP contribution in [0.2, 0.25) is 5.02 Å². The fourth-order valence-electron chi connectivity index (χ4n) is 3.41. The summed E-state index contributed by atoms with van der Waals surface area (Å²) >= 11 is 7.46. The van der Waals surface area contributed by atoms with E-state index in [0.717, 1.165) is 36.2 Å². The minimum absolute atomic E-state index is 0.00160. The highest BCUT2D eigenvalue weighted by Gasteiger charge is 2.24. The fourth-order valence-corrected chi connectivity index (χ4v) is 5.33. The Kier molecular flexibility index (Phi) is 6.80. The van der Waals surface area contributed by atoms with Gasteiger partial charge in [-0.1, -0.05) is 47.5 Å². The summed E-state index contributed by atoms with van der Waals surface area (Å²) in [6.07, 6.45) is 3.06. The molecule has 3 aromatic rings. The number of anilines is 1. The van der Waals surface area contributed by atoms with Gasteiger partial charge in [0.25, 0.3) is 10.0 Å². The highest BCUT2D eigenvalue weighted by atomic mass is 35.5. The van der Waals surface area contributed by atoms with Crippen molar-refractivity contribution in [3.63, 3.8) is 0 Å². The zero-order valence-corrected chi connectivity index (χ0v) is 19.5. The van der Waals surface area contributed by atoms with Gasteiger partial charge in [-0.15, -0.1) is 11.3 Å². The normalized spacial score (nSPS) is 16.5. The van der Waals surface area contributed by atoms with Crippen LogP contribution in [0.1, 0.15) is 17.5 Å². The van der Waals surface area contributed by atoms with Gasteiger partial charge in [-0.2, -0.15) is 0 Å². The Labute approximate surface area is 195 Å². The van der Waals surface area contributed by atoms with E-state index in [0.29, 0.717) is 0 Å². The molecular weight excluding hydrogens is 473 g/mol. The molecule has 10 heteroatoms. The number of nitrogens with zero attached hydrogens (tertiary/aromatic N) is 1. The maximum atomic E-state index is 14.7. The molecule has 1 aliphatic rings. The van der Waals surface area contributed by atoms with Gasteiger partial charge in [0.2, 0.25) is 0 Å². The van der Waals surface area contributed by atoms with Gasteiger partial charge in [0.15, 0.2) is 5.82 Å². The van der Waals surface area contributed by atoms with Crippen molar-refractivity contribution in [1.29, 1.82) is 0 Å². The molecule has 1 aliphatic heterocycles. The summed E-state index contributed by atoms with van der Waals surface area (Å²) in [7, 11) is -4.18. The first kappa shape index (κ1) is 22.7. The average Bonchev–Trinajstić information content (AvgIpc) is 3.27. The molecule has 0 spiro atoms. The van der Waals surface area contributed by atoms with Crippen molar-refractivity contribution >= 4 is 44.4 Å². The first-order valence-electron chi connectivity index (χ1n) is 9.87. The summed E-state index contributed by atoms with van der Waals surface area (Å²) < 4.78 is 47.7. The first-order valence-corrected chi connectivity index (χ1v) is 12.7. The standard InChI is InChI=1S/C22H21ClFN3O3S2/c1-14-4-6-15(7-5-14)16-3-2-8-25-19(16)11-30-20-10-18(24)21(9-17(20)23)32(28,29)27-22-12-31-13-26-22/h3-7,9-10,12-13,19,25,27H,2,8,11H2,1H3. The minimum atomic E-state index is -4.18. The summed E-state index contributed by atoms with van der Waals surface area (Å²) in [6, 6.07) is 10.1. The van der Waals surface area contributed by atoms with Crippen LogP contribution < -0.4 is 14.8 Å². The quantitative estimate of drug-likeness (QED) is 0.491. The molecule has 0 radical (unpaired) electrons. The number of sulfonamides is 1. The summed E-state index contributed by atoms with van der Waals surface area (Å²) in [5.41, 5.74) is 4.83.